The van der Waals surface area contributed by atoms with Gasteiger partial charge in [0.05, 0.1) is 12.1 Å². The van der Waals surface area contributed by atoms with E-state index in [1.54, 1.807) is 6.92 Å². The van der Waals surface area contributed by atoms with Crippen molar-refractivity contribution in [2.45, 2.75) is 19.6 Å². The maximum atomic E-state index is 14.3. The Morgan fingerprint density at radius 1 is 1.06 bits per heavy atom. The molecule has 0 spiro atoms. The summed E-state index contributed by atoms with van der Waals surface area (Å²) >= 11 is 0. The van der Waals surface area contributed by atoms with E-state index in [9.17, 15) is 31.9 Å². The van der Waals surface area contributed by atoms with Gasteiger partial charge in [-0.25, -0.2) is 9.18 Å². The van der Waals surface area contributed by atoms with E-state index in [-0.39, 0.29) is 17.8 Å². The molecule has 0 radical (unpaired) electrons. The van der Waals surface area contributed by atoms with Crippen LogP contribution in [0.25, 0.3) is 5.69 Å². The van der Waals surface area contributed by atoms with Gasteiger partial charge in [-0.3, -0.25) is 14.2 Å². The smallest absolute Gasteiger partial charge is 0.340 e. The van der Waals surface area contributed by atoms with Crippen molar-refractivity contribution in [3.8, 4) is 5.69 Å². The summed E-state index contributed by atoms with van der Waals surface area (Å²) in [7, 11) is 1.42. The van der Waals surface area contributed by atoms with Crippen molar-refractivity contribution in [1.82, 2.24) is 19.2 Å². The Morgan fingerprint density at radius 3 is 2.25 bits per heavy atom. The third-order valence-electron chi connectivity index (χ3n) is 4.79. The van der Waals surface area contributed by atoms with Crippen molar-refractivity contribution in [3.05, 3.63) is 92.0 Å². The molecule has 0 N–H and O–H groups in total. The van der Waals surface area contributed by atoms with Crippen molar-refractivity contribution in [2.75, 3.05) is 13.6 Å². The van der Waals surface area contributed by atoms with E-state index >= 15 is 0 Å². The normalized spacial score (nSPS) is 11.4. The first kappa shape index (κ1) is 22.9. The minimum absolute atomic E-state index is 0.200. The number of amides is 1. The fraction of sp³-hybridized carbons (Fsp3) is 0.238. The molecule has 0 aliphatic rings. The summed E-state index contributed by atoms with van der Waals surface area (Å²) in [6, 6.07) is 9.01. The molecule has 0 saturated carbocycles. The predicted molar refractivity (Wildman–Crippen MR) is 107 cm³/mol. The molecular weight excluding hydrogens is 432 g/mol. The van der Waals surface area contributed by atoms with Crippen molar-refractivity contribution >= 4 is 5.91 Å². The van der Waals surface area contributed by atoms with Gasteiger partial charge in [0.2, 0.25) is 5.69 Å². The number of alkyl halides is 3. The van der Waals surface area contributed by atoms with Crippen molar-refractivity contribution < 1.29 is 22.4 Å². The van der Waals surface area contributed by atoms with Gasteiger partial charge < -0.3 is 4.90 Å². The summed E-state index contributed by atoms with van der Waals surface area (Å²) in [5.41, 5.74) is -3.68. The van der Waals surface area contributed by atoms with Crippen molar-refractivity contribution in [3.63, 3.8) is 0 Å². The zero-order valence-electron chi connectivity index (χ0n) is 17.1. The molecule has 2 aromatic carbocycles. The second kappa shape index (κ2) is 8.77. The molecule has 0 atom stereocenters. The van der Waals surface area contributed by atoms with Crippen LogP contribution in [0.3, 0.4) is 0 Å². The number of rotatable bonds is 5. The van der Waals surface area contributed by atoms with Crippen molar-refractivity contribution in [1.29, 1.82) is 0 Å². The Morgan fingerprint density at radius 2 is 1.69 bits per heavy atom. The SMILES string of the molecule is CCN(C)C(=O)c1nn(-c2ccccc2F)c(=O)n(Cc2ccc(C(F)(F)F)cc2)c1=O. The third kappa shape index (κ3) is 4.46. The minimum atomic E-state index is -4.55. The molecule has 11 heteroatoms. The molecule has 3 rings (SSSR count). The monoisotopic (exact) mass is 450 g/mol. The zero-order chi connectivity index (χ0) is 23.6. The number of para-hydroxylation sites is 1. The molecular formula is C21H18F4N4O3. The van der Waals surface area contributed by atoms with Crippen LogP contribution < -0.4 is 11.2 Å². The first-order chi connectivity index (χ1) is 15.0. The van der Waals surface area contributed by atoms with Crippen LogP contribution in [0.4, 0.5) is 17.6 Å². The quantitative estimate of drug-likeness (QED) is 0.560. The summed E-state index contributed by atoms with van der Waals surface area (Å²) in [5.74, 6) is -1.60. The van der Waals surface area contributed by atoms with Crippen LogP contribution >= 0.6 is 0 Å². The molecule has 1 aromatic heterocycles. The van der Waals surface area contributed by atoms with Gasteiger partial charge in [0.1, 0.15) is 11.5 Å². The first-order valence-corrected chi connectivity index (χ1v) is 9.45. The number of carbonyl (C=O) groups excluding carboxylic acids is 1. The molecule has 3 aromatic rings. The molecule has 0 saturated heterocycles. The van der Waals surface area contributed by atoms with E-state index in [1.165, 1.54) is 30.1 Å². The van der Waals surface area contributed by atoms with Crippen LogP contribution in [0.15, 0.2) is 58.1 Å². The Kier molecular flexibility index (Phi) is 6.28. The lowest BCUT2D eigenvalue weighted by Crippen LogP contribution is -2.46. The second-order valence-electron chi connectivity index (χ2n) is 6.90. The topological polar surface area (TPSA) is 77.2 Å². The first-order valence-electron chi connectivity index (χ1n) is 9.45. The Hall–Kier alpha value is -3.76. The number of hydrogen-bond donors (Lipinski definition) is 0. The molecule has 7 nitrogen and oxygen atoms in total. The summed E-state index contributed by atoms with van der Waals surface area (Å²) in [6.07, 6.45) is -4.55. The van der Waals surface area contributed by atoms with E-state index < -0.39 is 47.0 Å². The zero-order valence-corrected chi connectivity index (χ0v) is 17.1. The lowest BCUT2D eigenvalue weighted by Gasteiger charge is -2.16. The lowest BCUT2D eigenvalue weighted by atomic mass is 10.1. The summed E-state index contributed by atoms with van der Waals surface area (Å²) in [4.78, 5) is 39.7. The van der Waals surface area contributed by atoms with Crippen LogP contribution in [0.5, 0.6) is 0 Å². The van der Waals surface area contributed by atoms with Crippen LogP contribution in [0.1, 0.15) is 28.5 Å². The van der Waals surface area contributed by atoms with Crippen LogP contribution in [-0.4, -0.2) is 38.7 Å². The molecule has 32 heavy (non-hydrogen) atoms. The predicted octanol–water partition coefficient (Wildman–Crippen LogP) is 2.69. The Labute approximate surface area is 179 Å². The molecule has 1 amide bonds. The molecule has 0 bridgehead atoms. The highest BCUT2D eigenvalue weighted by Gasteiger charge is 2.30. The highest BCUT2D eigenvalue weighted by Crippen LogP contribution is 2.29. The summed E-state index contributed by atoms with van der Waals surface area (Å²) < 4.78 is 54.0. The van der Waals surface area contributed by atoms with Crippen LogP contribution in [-0.2, 0) is 12.7 Å². The number of benzene rings is 2. The number of aromatic nitrogens is 3. The molecule has 1 heterocycles. The van der Waals surface area contributed by atoms with E-state index in [1.807, 2.05) is 0 Å². The van der Waals surface area contributed by atoms with E-state index in [4.69, 9.17) is 0 Å². The molecule has 168 valence electrons. The van der Waals surface area contributed by atoms with Gasteiger partial charge in [-0.05, 0) is 36.8 Å². The average Bonchev–Trinajstić information content (AvgIpc) is 2.76. The van der Waals surface area contributed by atoms with Crippen molar-refractivity contribution in [2.24, 2.45) is 0 Å². The third-order valence-corrected chi connectivity index (χ3v) is 4.79. The van der Waals surface area contributed by atoms with Gasteiger partial charge in [-0.15, -0.1) is 0 Å². The fourth-order valence-electron chi connectivity index (χ4n) is 2.87. The van der Waals surface area contributed by atoms with E-state index in [0.29, 0.717) is 9.25 Å². The Balaban J connectivity index is 2.19. The van der Waals surface area contributed by atoms with Crippen LogP contribution in [0, 0.1) is 5.82 Å². The van der Waals surface area contributed by atoms with Crippen LogP contribution in [0.2, 0.25) is 0 Å². The summed E-state index contributed by atoms with van der Waals surface area (Å²) in [5, 5.41) is 3.81. The van der Waals surface area contributed by atoms with Gasteiger partial charge in [0.15, 0.2) is 0 Å². The molecule has 0 unspecified atom stereocenters. The minimum Gasteiger partial charge on any atom is -0.340 e. The number of hydrogen-bond acceptors (Lipinski definition) is 4. The van der Waals surface area contributed by atoms with Gasteiger partial charge in [-0.1, -0.05) is 24.3 Å². The number of halogens is 4. The highest BCUT2D eigenvalue weighted by atomic mass is 19.4. The summed E-state index contributed by atoms with van der Waals surface area (Å²) in [6.45, 7) is 1.45. The van der Waals surface area contributed by atoms with E-state index in [2.05, 4.69) is 5.10 Å². The fourth-order valence-corrected chi connectivity index (χ4v) is 2.87. The average molecular weight is 450 g/mol. The molecule has 0 fully saturated rings. The maximum Gasteiger partial charge on any atom is 0.416 e. The molecule has 0 aliphatic heterocycles. The lowest BCUT2D eigenvalue weighted by molar-refractivity contribution is -0.137. The second-order valence-corrected chi connectivity index (χ2v) is 6.90. The molecule has 0 aliphatic carbocycles. The Bertz CT molecular complexity index is 1260. The largest absolute Gasteiger partial charge is 0.416 e. The van der Waals surface area contributed by atoms with Gasteiger partial charge in [0.25, 0.3) is 11.5 Å². The highest BCUT2D eigenvalue weighted by molar-refractivity contribution is 5.91. The maximum absolute atomic E-state index is 14.3. The van der Waals surface area contributed by atoms with Gasteiger partial charge in [-0.2, -0.15) is 23.0 Å². The van der Waals surface area contributed by atoms with Gasteiger partial charge >= 0.3 is 11.9 Å². The van der Waals surface area contributed by atoms with Gasteiger partial charge in [0, 0.05) is 13.6 Å². The number of nitrogens with zero attached hydrogens (tertiary/aromatic N) is 4. The standard InChI is InChI=1S/C21H18F4N4O3/c1-3-27(2)18(30)17-19(31)28(12-13-8-10-14(11-9-13)21(23,24)25)20(32)29(26-17)16-7-5-4-6-15(16)22/h4-11H,3,12H2,1-2H3. The van der Waals surface area contributed by atoms with E-state index in [0.717, 1.165) is 30.3 Å². The number of carbonyl (C=O) groups is 1.